The topological polar surface area (TPSA) is 66.6 Å². The molecule has 2 atom stereocenters. The number of carbonyl (C=O) groups is 1. The van der Waals surface area contributed by atoms with Crippen LogP contribution in [0, 0.1) is 0 Å². The van der Waals surface area contributed by atoms with Gasteiger partial charge in [-0.1, -0.05) is 24.3 Å². The molecule has 1 amide bonds. The van der Waals surface area contributed by atoms with Crippen LogP contribution in [0.5, 0.6) is 0 Å². The van der Waals surface area contributed by atoms with Crippen LogP contribution in [-0.4, -0.2) is 29.1 Å². The zero-order valence-electron chi connectivity index (χ0n) is 9.97. The van der Waals surface area contributed by atoms with E-state index in [2.05, 4.69) is 0 Å². The monoisotopic (exact) mass is 234 g/mol. The molecule has 0 radical (unpaired) electrons. The van der Waals surface area contributed by atoms with Crippen molar-refractivity contribution in [2.24, 2.45) is 5.73 Å². The minimum atomic E-state index is -0.509. The maximum absolute atomic E-state index is 11.7. The van der Waals surface area contributed by atoms with E-state index < -0.39 is 6.10 Å². The first kappa shape index (κ1) is 12.1. The highest BCUT2D eigenvalue weighted by molar-refractivity contribution is 5.77. The van der Waals surface area contributed by atoms with Gasteiger partial charge in [0.1, 0.15) is 0 Å². The van der Waals surface area contributed by atoms with Crippen LogP contribution in [0.4, 0.5) is 0 Å². The molecule has 0 spiro atoms. The van der Waals surface area contributed by atoms with E-state index in [0.29, 0.717) is 19.4 Å². The summed E-state index contributed by atoms with van der Waals surface area (Å²) in [5.41, 5.74) is 7.64. The van der Waals surface area contributed by atoms with Crippen LogP contribution < -0.4 is 5.73 Å². The lowest BCUT2D eigenvalue weighted by Gasteiger charge is -2.37. The van der Waals surface area contributed by atoms with Crippen LogP contribution in [0.1, 0.15) is 30.0 Å². The van der Waals surface area contributed by atoms with Gasteiger partial charge in [0.05, 0.1) is 12.1 Å². The molecule has 2 rings (SSSR count). The van der Waals surface area contributed by atoms with Gasteiger partial charge in [-0.15, -0.1) is 0 Å². The van der Waals surface area contributed by atoms with E-state index in [-0.39, 0.29) is 11.9 Å². The Kier molecular flexibility index (Phi) is 3.45. The highest BCUT2D eigenvalue weighted by Crippen LogP contribution is 2.32. The number of nitrogens with zero attached hydrogens (tertiary/aromatic N) is 1. The van der Waals surface area contributed by atoms with Crippen LogP contribution in [0.2, 0.25) is 0 Å². The fourth-order valence-electron chi connectivity index (χ4n) is 2.44. The number of likely N-dealkylation sites (N-methyl/N-ethyl adjacent to an activating group) is 1. The van der Waals surface area contributed by atoms with Gasteiger partial charge in [0.25, 0.3) is 0 Å². The van der Waals surface area contributed by atoms with E-state index in [9.17, 15) is 9.90 Å². The number of aliphatic hydroxyl groups excluding tert-OH is 1. The number of carbonyl (C=O) groups excluding carboxylic acids is 1. The second kappa shape index (κ2) is 4.85. The molecule has 3 N–H and O–H groups in total. The molecular formula is C13H18N2O2. The quantitative estimate of drug-likeness (QED) is 0.795. The molecule has 1 aliphatic heterocycles. The van der Waals surface area contributed by atoms with Gasteiger partial charge >= 0.3 is 0 Å². The smallest absolute Gasteiger partial charge is 0.223 e. The molecule has 1 heterocycles. The molecule has 1 aromatic rings. The molecule has 4 nitrogen and oxygen atoms in total. The number of nitrogens with two attached hydrogens (primary N) is 1. The summed E-state index contributed by atoms with van der Waals surface area (Å²) in [6.45, 7) is 0.418. The van der Waals surface area contributed by atoms with Crippen molar-refractivity contribution >= 4 is 5.91 Å². The number of amides is 1. The van der Waals surface area contributed by atoms with Gasteiger partial charge in [-0.25, -0.2) is 0 Å². The largest absolute Gasteiger partial charge is 0.391 e. The highest BCUT2D eigenvalue weighted by atomic mass is 16.3. The fourth-order valence-corrected chi connectivity index (χ4v) is 2.44. The third-order valence-electron chi connectivity index (χ3n) is 3.42. The highest BCUT2D eigenvalue weighted by Gasteiger charge is 2.34. The SMILES string of the molecule is CN1C(=O)CCC(O)C1c1ccccc1CN. The van der Waals surface area contributed by atoms with Crippen molar-refractivity contribution in [3.8, 4) is 0 Å². The summed E-state index contributed by atoms with van der Waals surface area (Å²) in [6, 6.07) is 7.44. The molecule has 2 unspecified atom stereocenters. The number of aliphatic hydroxyl groups is 1. The van der Waals surface area contributed by atoms with Crippen molar-refractivity contribution in [2.45, 2.75) is 31.5 Å². The molecule has 1 fully saturated rings. The number of likely N-dealkylation sites (tertiary alicyclic amines) is 1. The molecule has 0 saturated carbocycles. The predicted octanol–water partition coefficient (Wildman–Crippen LogP) is 0.800. The van der Waals surface area contributed by atoms with Gasteiger partial charge in [-0.3, -0.25) is 4.79 Å². The number of rotatable bonds is 2. The Morgan fingerprint density at radius 3 is 2.88 bits per heavy atom. The van der Waals surface area contributed by atoms with Gasteiger partial charge in [-0.05, 0) is 17.5 Å². The molecule has 92 valence electrons. The first-order valence-corrected chi connectivity index (χ1v) is 5.86. The van der Waals surface area contributed by atoms with E-state index in [1.165, 1.54) is 0 Å². The second-order valence-electron chi connectivity index (χ2n) is 4.46. The lowest BCUT2D eigenvalue weighted by molar-refractivity contribution is -0.140. The fraction of sp³-hybridized carbons (Fsp3) is 0.462. The molecule has 0 bridgehead atoms. The first-order valence-electron chi connectivity index (χ1n) is 5.86. The third kappa shape index (κ3) is 2.18. The van der Waals surface area contributed by atoms with E-state index in [1.54, 1.807) is 11.9 Å². The number of benzene rings is 1. The molecule has 0 aliphatic carbocycles. The minimum Gasteiger partial charge on any atom is -0.391 e. The summed E-state index contributed by atoms with van der Waals surface area (Å²) in [7, 11) is 1.74. The Labute approximate surface area is 101 Å². The van der Waals surface area contributed by atoms with Crippen molar-refractivity contribution in [3.63, 3.8) is 0 Å². The van der Waals surface area contributed by atoms with Crippen molar-refractivity contribution in [2.75, 3.05) is 7.05 Å². The first-order chi connectivity index (χ1) is 8.15. The molecule has 0 aromatic heterocycles. The van der Waals surface area contributed by atoms with Gasteiger partial charge in [-0.2, -0.15) is 0 Å². The standard InChI is InChI=1S/C13H18N2O2/c1-15-12(17)7-6-11(16)13(15)10-5-3-2-4-9(10)8-14/h2-5,11,13,16H,6-8,14H2,1H3. The predicted molar refractivity (Wildman–Crippen MR) is 65.1 cm³/mol. The Bertz CT molecular complexity index is 420. The summed E-state index contributed by atoms with van der Waals surface area (Å²) in [6.07, 6.45) is 0.427. The van der Waals surface area contributed by atoms with Gasteiger partial charge in [0, 0.05) is 20.0 Å². The van der Waals surface area contributed by atoms with Crippen molar-refractivity contribution in [1.29, 1.82) is 0 Å². The lowest BCUT2D eigenvalue weighted by atomic mass is 9.89. The number of hydrogen-bond donors (Lipinski definition) is 2. The van der Waals surface area contributed by atoms with E-state index in [1.807, 2.05) is 24.3 Å². The zero-order valence-corrected chi connectivity index (χ0v) is 9.97. The third-order valence-corrected chi connectivity index (χ3v) is 3.42. The van der Waals surface area contributed by atoms with E-state index in [4.69, 9.17) is 5.73 Å². The maximum atomic E-state index is 11.7. The molecule has 4 heteroatoms. The normalized spacial score (nSPS) is 25.1. The second-order valence-corrected chi connectivity index (χ2v) is 4.46. The van der Waals surface area contributed by atoms with Gasteiger partial charge in [0.2, 0.25) is 5.91 Å². The summed E-state index contributed by atoms with van der Waals surface area (Å²) in [5.74, 6) is 0.0760. The molecule has 1 saturated heterocycles. The molecule has 1 aliphatic rings. The van der Waals surface area contributed by atoms with Gasteiger partial charge in [0.15, 0.2) is 0 Å². The Morgan fingerprint density at radius 2 is 2.18 bits per heavy atom. The van der Waals surface area contributed by atoms with Crippen molar-refractivity contribution in [3.05, 3.63) is 35.4 Å². The average Bonchev–Trinajstić information content (AvgIpc) is 2.35. The summed E-state index contributed by atoms with van der Waals surface area (Å²) >= 11 is 0. The van der Waals surface area contributed by atoms with Crippen molar-refractivity contribution in [1.82, 2.24) is 4.90 Å². The Morgan fingerprint density at radius 1 is 1.47 bits per heavy atom. The number of piperidine rings is 1. The van der Waals surface area contributed by atoms with Crippen molar-refractivity contribution < 1.29 is 9.90 Å². The van der Waals surface area contributed by atoms with E-state index >= 15 is 0 Å². The number of hydrogen-bond acceptors (Lipinski definition) is 3. The molecule has 1 aromatic carbocycles. The summed E-state index contributed by atoms with van der Waals surface area (Å²) < 4.78 is 0. The van der Waals surface area contributed by atoms with E-state index in [0.717, 1.165) is 11.1 Å². The maximum Gasteiger partial charge on any atom is 0.223 e. The van der Waals surface area contributed by atoms with Crippen LogP contribution in [-0.2, 0) is 11.3 Å². The summed E-state index contributed by atoms with van der Waals surface area (Å²) in [5, 5.41) is 10.1. The van der Waals surface area contributed by atoms with Crippen LogP contribution in [0.25, 0.3) is 0 Å². The lowest BCUT2D eigenvalue weighted by Crippen LogP contribution is -2.43. The zero-order chi connectivity index (χ0) is 12.4. The average molecular weight is 234 g/mol. The Balaban J connectivity index is 2.39. The Hall–Kier alpha value is -1.39. The molecular weight excluding hydrogens is 216 g/mol. The molecule has 17 heavy (non-hydrogen) atoms. The van der Waals surface area contributed by atoms with Crippen LogP contribution in [0.3, 0.4) is 0 Å². The van der Waals surface area contributed by atoms with Crippen LogP contribution >= 0.6 is 0 Å². The summed E-state index contributed by atoms with van der Waals surface area (Å²) in [4.78, 5) is 13.3. The van der Waals surface area contributed by atoms with Gasteiger partial charge < -0.3 is 15.7 Å². The van der Waals surface area contributed by atoms with Crippen LogP contribution in [0.15, 0.2) is 24.3 Å². The minimum absolute atomic E-state index is 0.0760.